The first-order valence-corrected chi connectivity index (χ1v) is 6.99. The van der Waals surface area contributed by atoms with E-state index in [4.69, 9.17) is 10.5 Å². The fourth-order valence-electron chi connectivity index (χ4n) is 1.74. The second kappa shape index (κ2) is 8.43. The molecule has 1 aromatic carbocycles. The SMILES string of the molecule is CCCOCCCNc1cc(C(=O)N(C)C)ccc1N. The van der Waals surface area contributed by atoms with Gasteiger partial charge in [0.25, 0.3) is 5.91 Å². The maximum absolute atomic E-state index is 11.9. The number of nitrogen functional groups attached to an aromatic ring is 1. The monoisotopic (exact) mass is 279 g/mol. The highest BCUT2D eigenvalue weighted by Crippen LogP contribution is 2.20. The van der Waals surface area contributed by atoms with Crippen LogP contribution in [-0.2, 0) is 4.74 Å². The van der Waals surface area contributed by atoms with Crippen molar-refractivity contribution >= 4 is 17.3 Å². The number of carbonyl (C=O) groups is 1. The molecule has 0 aliphatic rings. The van der Waals surface area contributed by atoms with Crippen molar-refractivity contribution in [3.8, 4) is 0 Å². The minimum atomic E-state index is -0.0284. The fourth-order valence-corrected chi connectivity index (χ4v) is 1.74. The summed E-state index contributed by atoms with van der Waals surface area (Å²) < 4.78 is 5.41. The molecule has 0 aliphatic heterocycles. The molecule has 0 fully saturated rings. The van der Waals surface area contributed by atoms with Gasteiger partial charge in [0, 0.05) is 39.4 Å². The Labute approximate surface area is 121 Å². The first-order valence-electron chi connectivity index (χ1n) is 6.99. The van der Waals surface area contributed by atoms with Gasteiger partial charge in [-0.3, -0.25) is 4.79 Å². The first kappa shape index (κ1) is 16.3. The Morgan fingerprint density at radius 1 is 1.35 bits per heavy atom. The van der Waals surface area contributed by atoms with Crippen molar-refractivity contribution < 1.29 is 9.53 Å². The van der Waals surface area contributed by atoms with Crippen molar-refractivity contribution in [2.24, 2.45) is 0 Å². The third-order valence-corrected chi connectivity index (χ3v) is 2.84. The van der Waals surface area contributed by atoms with E-state index in [2.05, 4.69) is 12.2 Å². The summed E-state index contributed by atoms with van der Waals surface area (Å²) in [5.41, 5.74) is 7.99. The number of nitrogens with zero attached hydrogens (tertiary/aromatic N) is 1. The molecule has 1 amide bonds. The fraction of sp³-hybridized carbons (Fsp3) is 0.533. The highest BCUT2D eigenvalue weighted by Gasteiger charge is 2.09. The van der Waals surface area contributed by atoms with Gasteiger partial charge in [0.05, 0.1) is 11.4 Å². The summed E-state index contributed by atoms with van der Waals surface area (Å²) in [6.45, 7) is 4.39. The van der Waals surface area contributed by atoms with Crippen LogP contribution in [0.2, 0.25) is 0 Å². The molecule has 0 saturated heterocycles. The molecule has 0 spiro atoms. The predicted molar refractivity (Wildman–Crippen MR) is 83.1 cm³/mol. The number of amides is 1. The molecule has 5 nitrogen and oxygen atoms in total. The number of hydrogen-bond acceptors (Lipinski definition) is 4. The largest absolute Gasteiger partial charge is 0.397 e. The summed E-state index contributed by atoms with van der Waals surface area (Å²) in [6, 6.07) is 5.30. The van der Waals surface area contributed by atoms with E-state index in [-0.39, 0.29) is 5.91 Å². The minimum Gasteiger partial charge on any atom is -0.397 e. The lowest BCUT2D eigenvalue weighted by Crippen LogP contribution is -2.21. The Bertz CT molecular complexity index is 433. The van der Waals surface area contributed by atoms with Crippen LogP contribution in [0.3, 0.4) is 0 Å². The summed E-state index contributed by atoms with van der Waals surface area (Å²) in [4.78, 5) is 13.4. The number of carbonyl (C=O) groups excluding carboxylic acids is 1. The van der Waals surface area contributed by atoms with Gasteiger partial charge in [0.2, 0.25) is 0 Å². The smallest absolute Gasteiger partial charge is 0.253 e. The van der Waals surface area contributed by atoms with E-state index in [1.54, 1.807) is 37.2 Å². The van der Waals surface area contributed by atoms with Crippen LogP contribution in [0.5, 0.6) is 0 Å². The second-order valence-electron chi connectivity index (χ2n) is 4.89. The molecule has 20 heavy (non-hydrogen) atoms. The molecule has 0 bridgehead atoms. The molecule has 1 aromatic rings. The molecule has 0 heterocycles. The normalized spacial score (nSPS) is 10.3. The molecule has 0 atom stereocenters. The molecule has 3 N–H and O–H groups in total. The number of nitrogens with one attached hydrogen (secondary N) is 1. The van der Waals surface area contributed by atoms with Crippen molar-refractivity contribution in [3.05, 3.63) is 23.8 Å². The van der Waals surface area contributed by atoms with Gasteiger partial charge in [0.15, 0.2) is 0 Å². The van der Waals surface area contributed by atoms with E-state index < -0.39 is 0 Å². The second-order valence-corrected chi connectivity index (χ2v) is 4.89. The molecule has 112 valence electrons. The van der Waals surface area contributed by atoms with Crippen LogP contribution in [0.1, 0.15) is 30.1 Å². The molecular weight excluding hydrogens is 254 g/mol. The average Bonchev–Trinajstić information content (AvgIpc) is 2.43. The molecule has 0 unspecified atom stereocenters. The number of benzene rings is 1. The van der Waals surface area contributed by atoms with Crippen molar-refractivity contribution in [1.82, 2.24) is 4.90 Å². The third-order valence-electron chi connectivity index (χ3n) is 2.84. The number of nitrogens with two attached hydrogens (primary N) is 1. The Morgan fingerprint density at radius 3 is 2.75 bits per heavy atom. The van der Waals surface area contributed by atoms with E-state index in [1.165, 1.54) is 0 Å². The molecule has 1 rings (SSSR count). The van der Waals surface area contributed by atoms with Crippen LogP contribution in [0, 0.1) is 0 Å². The molecular formula is C15H25N3O2. The standard InChI is InChI=1S/C15H25N3O2/c1-4-9-20-10-5-8-17-14-11-12(6-7-13(14)16)15(19)18(2)3/h6-7,11,17H,4-5,8-10,16H2,1-3H3. The minimum absolute atomic E-state index is 0.0284. The highest BCUT2D eigenvalue weighted by atomic mass is 16.5. The van der Waals surface area contributed by atoms with Crippen LogP contribution in [0.4, 0.5) is 11.4 Å². The maximum Gasteiger partial charge on any atom is 0.253 e. The molecule has 0 saturated carbocycles. The zero-order valence-electron chi connectivity index (χ0n) is 12.6. The zero-order valence-corrected chi connectivity index (χ0v) is 12.6. The number of rotatable bonds is 8. The molecule has 0 radical (unpaired) electrons. The molecule has 5 heteroatoms. The van der Waals surface area contributed by atoms with E-state index in [1.807, 2.05) is 0 Å². The lowest BCUT2D eigenvalue weighted by atomic mass is 10.1. The highest BCUT2D eigenvalue weighted by molar-refractivity contribution is 5.95. The zero-order chi connectivity index (χ0) is 15.0. The Balaban J connectivity index is 2.52. The van der Waals surface area contributed by atoms with Gasteiger partial charge >= 0.3 is 0 Å². The Kier molecular flexibility index (Phi) is 6.87. The van der Waals surface area contributed by atoms with Gasteiger partial charge in [-0.05, 0) is 31.0 Å². The van der Waals surface area contributed by atoms with Gasteiger partial charge in [-0.2, -0.15) is 0 Å². The van der Waals surface area contributed by atoms with Crippen LogP contribution >= 0.6 is 0 Å². The Morgan fingerprint density at radius 2 is 2.10 bits per heavy atom. The van der Waals surface area contributed by atoms with Crippen molar-refractivity contribution in [3.63, 3.8) is 0 Å². The summed E-state index contributed by atoms with van der Waals surface area (Å²) in [6.07, 6.45) is 1.94. The van der Waals surface area contributed by atoms with Gasteiger partial charge < -0.3 is 20.7 Å². The molecule has 0 aliphatic carbocycles. The first-order chi connectivity index (χ1) is 9.56. The maximum atomic E-state index is 11.9. The van der Waals surface area contributed by atoms with Gasteiger partial charge in [0.1, 0.15) is 0 Å². The van der Waals surface area contributed by atoms with Crippen molar-refractivity contribution in [2.45, 2.75) is 19.8 Å². The number of ether oxygens (including phenoxy) is 1. The van der Waals surface area contributed by atoms with E-state index in [0.717, 1.165) is 38.3 Å². The van der Waals surface area contributed by atoms with E-state index in [0.29, 0.717) is 11.3 Å². The Hall–Kier alpha value is -1.75. The summed E-state index contributed by atoms with van der Waals surface area (Å²) in [5.74, 6) is -0.0284. The number of anilines is 2. The summed E-state index contributed by atoms with van der Waals surface area (Å²) in [7, 11) is 3.47. The predicted octanol–water partition coefficient (Wildman–Crippen LogP) is 2.20. The summed E-state index contributed by atoms with van der Waals surface area (Å²) >= 11 is 0. The lowest BCUT2D eigenvalue weighted by Gasteiger charge is -2.14. The van der Waals surface area contributed by atoms with Gasteiger partial charge in [-0.1, -0.05) is 6.92 Å². The topological polar surface area (TPSA) is 67.6 Å². The van der Waals surface area contributed by atoms with Crippen molar-refractivity contribution in [2.75, 3.05) is 44.9 Å². The van der Waals surface area contributed by atoms with Crippen molar-refractivity contribution in [1.29, 1.82) is 0 Å². The average molecular weight is 279 g/mol. The van der Waals surface area contributed by atoms with Crippen LogP contribution in [0.15, 0.2) is 18.2 Å². The lowest BCUT2D eigenvalue weighted by molar-refractivity contribution is 0.0827. The van der Waals surface area contributed by atoms with Crippen LogP contribution in [0.25, 0.3) is 0 Å². The van der Waals surface area contributed by atoms with Crippen LogP contribution in [-0.4, -0.2) is 44.7 Å². The molecule has 0 aromatic heterocycles. The van der Waals surface area contributed by atoms with Crippen LogP contribution < -0.4 is 11.1 Å². The van der Waals surface area contributed by atoms with Gasteiger partial charge in [-0.25, -0.2) is 0 Å². The quantitative estimate of drug-likeness (QED) is 0.565. The third kappa shape index (κ3) is 5.09. The van der Waals surface area contributed by atoms with E-state index >= 15 is 0 Å². The number of hydrogen-bond donors (Lipinski definition) is 2. The van der Waals surface area contributed by atoms with E-state index in [9.17, 15) is 4.79 Å². The van der Waals surface area contributed by atoms with Gasteiger partial charge in [-0.15, -0.1) is 0 Å². The summed E-state index contributed by atoms with van der Waals surface area (Å²) in [5, 5.41) is 3.25.